The van der Waals surface area contributed by atoms with Crippen LogP contribution in [-0.2, 0) is 10.2 Å². The van der Waals surface area contributed by atoms with E-state index in [1.165, 1.54) is 0 Å². The van der Waals surface area contributed by atoms with Crippen molar-refractivity contribution in [3.63, 3.8) is 0 Å². The summed E-state index contributed by atoms with van der Waals surface area (Å²) in [6.07, 6.45) is 0. The van der Waals surface area contributed by atoms with E-state index in [4.69, 9.17) is 17.3 Å². The minimum atomic E-state index is -1.32. The number of nitrogens with one attached hydrogen (secondary N) is 1. The van der Waals surface area contributed by atoms with Crippen molar-refractivity contribution in [1.82, 2.24) is 0 Å². The van der Waals surface area contributed by atoms with E-state index in [0.29, 0.717) is 16.3 Å². The summed E-state index contributed by atoms with van der Waals surface area (Å²) in [6, 6.07) is 4.78. The lowest BCUT2D eigenvalue weighted by Crippen LogP contribution is -2.47. The highest BCUT2D eigenvalue weighted by Gasteiger charge is 2.50. The highest BCUT2D eigenvalue weighted by atomic mass is 35.5. The van der Waals surface area contributed by atoms with Crippen molar-refractivity contribution < 1.29 is 9.72 Å². The van der Waals surface area contributed by atoms with E-state index in [1.807, 2.05) is 0 Å². The summed E-state index contributed by atoms with van der Waals surface area (Å²) in [6.45, 7) is -0.671. The molecule has 0 aromatic heterocycles. The third kappa shape index (κ3) is 1.75. The number of amides is 1. The standard InChI is InChI=1S/C10H10ClN3O3/c11-6-1-2-8-7(3-6)10(4-12,5-14(16)17)9(15)13-8/h1-3H,4-5,12H2,(H,13,15). The molecule has 3 N–H and O–H groups in total. The molecule has 90 valence electrons. The molecule has 17 heavy (non-hydrogen) atoms. The molecule has 1 unspecified atom stereocenters. The number of nitrogens with two attached hydrogens (primary N) is 1. The van der Waals surface area contributed by atoms with Crippen LogP contribution in [0.2, 0.25) is 5.02 Å². The summed E-state index contributed by atoms with van der Waals surface area (Å²) in [5.41, 5.74) is 5.28. The largest absolute Gasteiger partial charge is 0.329 e. The fourth-order valence-electron chi connectivity index (χ4n) is 2.03. The van der Waals surface area contributed by atoms with Gasteiger partial charge >= 0.3 is 0 Å². The van der Waals surface area contributed by atoms with E-state index in [0.717, 1.165) is 0 Å². The lowest BCUT2D eigenvalue weighted by atomic mass is 9.82. The van der Waals surface area contributed by atoms with E-state index in [9.17, 15) is 14.9 Å². The highest BCUT2D eigenvalue weighted by Crippen LogP contribution is 2.38. The topological polar surface area (TPSA) is 98.3 Å². The predicted octanol–water partition coefficient (Wildman–Crippen LogP) is 0.765. The second kappa shape index (κ2) is 3.97. The molecule has 0 spiro atoms. The van der Waals surface area contributed by atoms with E-state index < -0.39 is 22.8 Å². The van der Waals surface area contributed by atoms with Gasteiger partial charge in [-0.15, -0.1) is 0 Å². The van der Waals surface area contributed by atoms with Crippen LogP contribution in [0.4, 0.5) is 5.69 Å². The van der Waals surface area contributed by atoms with Gasteiger partial charge in [0.2, 0.25) is 12.5 Å². The number of anilines is 1. The SMILES string of the molecule is NCC1(C[N+](=O)[O-])C(=O)Nc2ccc(Cl)cc21. The molecule has 0 bridgehead atoms. The van der Waals surface area contributed by atoms with Gasteiger partial charge in [-0.25, -0.2) is 0 Å². The van der Waals surface area contributed by atoms with Gasteiger partial charge < -0.3 is 11.1 Å². The molecule has 1 aromatic carbocycles. The average molecular weight is 256 g/mol. The van der Waals surface area contributed by atoms with Crippen molar-refractivity contribution >= 4 is 23.2 Å². The van der Waals surface area contributed by atoms with Gasteiger partial charge in [0.05, 0.1) is 0 Å². The first-order valence-electron chi connectivity index (χ1n) is 4.93. The van der Waals surface area contributed by atoms with Gasteiger partial charge in [-0.2, -0.15) is 0 Å². The molecule has 1 amide bonds. The van der Waals surface area contributed by atoms with Gasteiger partial charge in [-0.3, -0.25) is 14.9 Å². The fraction of sp³-hybridized carbons (Fsp3) is 0.300. The van der Waals surface area contributed by atoms with E-state index in [-0.39, 0.29) is 6.54 Å². The third-order valence-electron chi connectivity index (χ3n) is 2.93. The zero-order valence-electron chi connectivity index (χ0n) is 8.77. The maximum atomic E-state index is 11.9. The number of hydrogen-bond donors (Lipinski definition) is 2. The van der Waals surface area contributed by atoms with E-state index >= 15 is 0 Å². The first kappa shape index (κ1) is 11.8. The van der Waals surface area contributed by atoms with Gasteiger partial charge in [0.1, 0.15) is 0 Å². The zero-order chi connectivity index (χ0) is 12.6. The number of nitrogens with zero attached hydrogens (tertiary/aromatic N) is 1. The summed E-state index contributed by atoms with van der Waals surface area (Å²) in [5.74, 6) is -0.450. The first-order chi connectivity index (χ1) is 7.99. The molecule has 0 radical (unpaired) electrons. The lowest BCUT2D eigenvalue weighted by molar-refractivity contribution is -0.487. The monoisotopic (exact) mass is 255 g/mol. The summed E-state index contributed by atoms with van der Waals surface area (Å²) in [5, 5.41) is 13.7. The van der Waals surface area contributed by atoms with Crippen LogP contribution in [0.1, 0.15) is 5.56 Å². The molecule has 6 nitrogen and oxygen atoms in total. The van der Waals surface area contributed by atoms with Crippen LogP contribution < -0.4 is 11.1 Å². The predicted molar refractivity (Wildman–Crippen MR) is 62.7 cm³/mol. The Morgan fingerprint density at radius 3 is 2.82 bits per heavy atom. The Morgan fingerprint density at radius 2 is 2.24 bits per heavy atom. The van der Waals surface area contributed by atoms with Crippen LogP contribution in [0.5, 0.6) is 0 Å². The quantitative estimate of drug-likeness (QED) is 0.615. The van der Waals surface area contributed by atoms with E-state index in [1.54, 1.807) is 18.2 Å². The molecular formula is C10H10ClN3O3. The summed E-state index contributed by atoms with van der Waals surface area (Å²) in [7, 11) is 0. The molecule has 0 saturated heterocycles. The number of carbonyl (C=O) groups is 1. The first-order valence-corrected chi connectivity index (χ1v) is 5.31. The van der Waals surface area contributed by atoms with Crippen molar-refractivity contribution in [3.8, 4) is 0 Å². The molecule has 1 aliphatic heterocycles. The maximum absolute atomic E-state index is 11.9. The second-order valence-corrected chi connectivity index (χ2v) is 4.36. The number of nitro groups is 1. The Balaban J connectivity index is 2.57. The van der Waals surface area contributed by atoms with Gasteiger partial charge in [-0.1, -0.05) is 11.6 Å². The van der Waals surface area contributed by atoms with Gasteiger partial charge in [-0.05, 0) is 18.2 Å². The number of halogens is 1. The van der Waals surface area contributed by atoms with Crippen LogP contribution in [0, 0.1) is 10.1 Å². The minimum Gasteiger partial charge on any atom is -0.329 e. The van der Waals surface area contributed by atoms with Crippen LogP contribution >= 0.6 is 11.6 Å². The summed E-state index contributed by atoms with van der Waals surface area (Å²) < 4.78 is 0. The van der Waals surface area contributed by atoms with Crippen LogP contribution in [0.3, 0.4) is 0 Å². The Morgan fingerprint density at radius 1 is 1.53 bits per heavy atom. The second-order valence-electron chi connectivity index (χ2n) is 3.92. The van der Waals surface area contributed by atoms with Crippen molar-refractivity contribution in [2.45, 2.75) is 5.41 Å². The van der Waals surface area contributed by atoms with Crippen LogP contribution in [0.25, 0.3) is 0 Å². The Bertz CT molecular complexity index is 506. The number of hydrogen-bond acceptors (Lipinski definition) is 4. The average Bonchev–Trinajstić information content (AvgIpc) is 2.52. The molecular weight excluding hydrogens is 246 g/mol. The highest BCUT2D eigenvalue weighted by molar-refractivity contribution is 6.31. The molecule has 1 atom stereocenters. The normalized spacial score (nSPS) is 22.1. The number of rotatable bonds is 3. The van der Waals surface area contributed by atoms with Crippen LogP contribution in [0.15, 0.2) is 18.2 Å². The van der Waals surface area contributed by atoms with Crippen molar-refractivity contribution in [2.75, 3.05) is 18.4 Å². The van der Waals surface area contributed by atoms with Crippen LogP contribution in [-0.4, -0.2) is 23.9 Å². The fourth-order valence-corrected chi connectivity index (χ4v) is 2.20. The summed E-state index contributed by atoms with van der Waals surface area (Å²) in [4.78, 5) is 22.0. The molecule has 1 heterocycles. The van der Waals surface area contributed by atoms with Crippen molar-refractivity contribution in [3.05, 3.63) is 38.9 Å². The lowest BCUT2D eigenvalue weighted by Gasteiger charge is -2.20. The third-order valence-corrected chi connectivity index (χ3v) is 3.16. The smallest absolute Gasteiger partial charge is 0.243 e. The van der Waals surface area contributed by atoms with Crippen molar-refractivity contribution in [1.29, 1.82) is 0 Å². The van der Waals surface area contributed by atoms with E-state index in [2.05, 4.69) is 5.32 Å². The molecule has 0 aliphatic carbocycles. The molecule has 0 saturated carbocycles. The number of benzene rings is 1. The molecule has 7 heteroatoms. The molecule has 2 rings (SSSR count). The molecule has 0 fully saturated rings. The Labute approximate surface area is 102 Å². The van der Waals surface area contributed by atoms with Gasteiger partial charge in [0.25, 0.3) is 0 Å². The van der Waals surface area contributed by atoms with Gasteiger partial charge in [0, 0.05) is 27.7 Å². The Kier molecular flexibility index (Phi) is 2.76. The number of fused-ring (bicyclic) bond motifs is 1. The van der Waals surface area contributed by atoms with Crippen molar-refractivity contribution in [2.24, 2.45) is 5.73 Å². The maximum Gasteiger partial charge on any atom is 0.243 e. The molecule has 1 aliphatic rings. The zero-order valence-corrected chi connectivity index (χ0v) is 9.53. The van der Waals surface area contributed by atoms with Gasteiger partial charge in [0.15, 0.2) is 5.41 Å². The molecule has 1 aromatic rings. The number of carbonyl (C=O) groups excluding carboxylic acids is 1. The summed E-state index contributed by atoms with van der Waals surface area (Å²) >= 11 is 5.84. The Hall–Kier alpha value is -1.66. The minimum absolute atomic E-state index is 0.132.